The van der Waals surface area contributed by atoms with Crippen LogP contribution in [0.25, 0.3) is 0 Å². The summed E-state index contributed by atoms with van der Waals surface area (Å²) in [5.41, 5.74) is 0. The SMILES string of the molecule is CCc1ccc(COCC2CCNCC2)s1. The second-order valence-corrected chi connectivity index (χ2v) is 5.68. The van der Waals surface area contributed by atoms with Gasteiger partial charge in [-0.15, -0.1) is 11.3 Å². The van der Waals surface area contributed by atoms with Gasteiger partial charge in [0.25, 0.3) is 0 Å². The molecule has 2 heterocycles. The molecule has 0 atom stereocenters. The Morgan fingerprint density at radius 2 is 2.06 bits per heavy atom. The molecule has 0 spiro atoms. The third-order valence-corrected chi connectivity index (χ3v) is 4.33. The highest BCUT2D eigenvalue weighted by atomic mass is 32.1. The first-order valence-corrected chi connectivity index (χ1v) is 7.06. The van der Waals surface area contributed by atoms with Crippen molar-refractivity contribution in [2.24, 2.45) is 5.92 Å². The molecule has 1 aromatic heterocycles. The van der Waals surface area contributed by atoms with E-state index < -0.39 is 0 Å². The normalized spacial score (nSPS) is 17.8. The van der Waals surface area contributed by atoms with E-state index >= 15 is 0 Å². The number of ether oxygens (including phenoxy) is 1. The van der Waals surface area contributed by atoms with Crippen molar-refractivity contribution < 1.29 is 4.74 Å². The molecule has 0 amide bonds. The molecule has 0 aliphatic carbocycles. The van der Waals surface area contributed by atoms with Crippen molar-refractivity contribution in [3.8, 4) is 0 Å². The summed E-state index contributed by atoms with van der Waals surface area (Å²) in [6.45, 7) is 6.25. The Morgan fingerprint density at radius 3 is 2.75 bits per heavy atom. The number of thiophene rings is 1. The molecule has 0 bridgehead atoms. The van der Waals surface area contributed by atoms with Gasteiger partial charge in [0.05, 0.1) is 6.61 Å². The average molecular weight is 239 g/mol. The van der Waals surface area contributed by atoms with Gasteiger partial charge in [0.2, 0.25) is 0 Å². The van der Waals surface area contributed by atoms with Crippen LogP contribution in [0, 0.1) is 5.92 Å². The van der Waals surface area contributed by atoms with Crippen molar-refractivity contribution >= 4 is 11.3 Å². The van der Waals surface area contributed by atoms with Gasteiger partial charge < -0.3 is 10.1 Å². The molecule has 0 saturated carbocycles. The first-order valence-electron chi connectivity index (χ1n) is 6.24. The lowest BCUT2D eigenvalue weighted by Crippen LogP contribution is -2.29. The molecule has 1 aliphatic heterocycles. The fourth-order valence-electron chi connectivity index (χ4n) is 2.06. The number of rotatable bonds is 5. The van der Waals surface area contributed by atoms with E-state index in [1.54, 1.807) is 0 Å². The van der Waals surface area contributed by atoms with E-state index in [9.17, 15) is 0 Å². The lowest BCUT2D eigenvalue weighted by Gasteiger charge is -2.22. The van der Waals surface area contributed by atoms with Gasteiger partial charge in [0.1, 0.15) is 0 Å². The van der Waals surface area contributed by atoms with Crippen LogP contribution in [0.1, 0.15) is 29.5 Å². The maximum absolute atomic E-state index is 5.80. The number of piperidine rings is 1. The maximum atomic E-state index is 5.80. The Morgan fingerprint density at radius 1 is 1.31 bits per heavy atom. The highest BCUT2D eigenvalue weighted by Crippen LogP contribution is 2.19. The van der Waals surface area contributed by atoms with E-state index in [2.05, 4.69) is 24.4 Å². The summed E-state index contributed by atoms with van der Waals surface area (Å²) in [5, 5.41) is 3.38. The van der Waals surface area contributed by atoms with Gasteiger partial charge in [0.15, 0.2) is 0 Å². The fourth-order valence-corrected chi connectivity index (χ4v) is 2.96. The lowest BCUT2D eigenvalue weighted by molar-refractivity contribution is 0.0779. The van der Waals surface area contributed by atoms with E-state index in [4.69, 9.17) is 4.74 Å². The molecule has 3 heteroatoms. The van der Waals surface area contributed by atoms with Gasteiger partial charge in [-0.1, -0.05) is 6.92 Å². The van der Waals surface area contributed by atoms with Crippen LogP contribution in [0.2, 0.25) is 0 Å². The Kier molecular flexibility index (Phi) is 4.82. The lowest BCUT2D eigenvalue weighted by atomic mass is 9.99. The van der Waals surface area contributed by atoms with Crippen molar-refractivity contribution in [3.05, 3.63) is 21.9 Å². The van der Waals surface area contributed by atoms with Crippen LogP contribution in [-0.2, 0) is 17.8 Å². The van der Waals surface area contributed by atoms with Crippen LogP contribution >= 0.6 is 11.3 Å². The summed E-state index contributed by atoms with van der Waals surface area (Å²) in [5.74, 6) is 0.770. The Balaban J connectivity index is 1.66. The van der Waals surface area contributed by atoms with E-state index in [1.165, 1.54) is 22.6 Å². The zero-order valence-corrected chi connectivity index (χ0v) is 10.8. The monoisotopic (exact) mass is 239 g/mol. The van der Waals surface area contributed by atoms with Crippen LogP contribution in [0.15, 0.2) is 12.1 Å². The maximum Gasteiger partial charge on any atom is 0.0809 e. The molecule has 90 valence electrons. The molecule has 0 unspecified atom stereocenters. The van der Waals surface area contributed by atoms with Gasteiger partial charge in [-0.25, -0.2) is 0 Å². The molecular formula is C13H21NOS. The zero-order valence-electron chi connectivity index (χ0n) is 10.00. The zero-order chi connectivity index (χ0) is 11.2. The van der Waals surface area contributed by atoms with Gasteiger partial charge in [0, 0.05) is 16.4 Å². The number of nitrogens with one attached hydrogen (secondary N) is 1. The second-order valence-electron chi connectivity index (χ2n) is 4.43. The fraction of sp³-hybridized carbons (Fsp3) is 0.692. The van der Waals surface area contributed by atoms with Gasteiger partial charge in [-0.3, -0.25) is 0 Å². The van der Waals surface area contributed by atoms with Crippen molar-refractivity contribution in [1.82, 2.24) is 5.32 Å². The van der Waals surface area contributed by atoms with Crippen molar-refractivity contribution in [2.45, 2.75) is 32.8 Å². The molecule has 1 aromatic rings. The van der Waals surface area contributed by atoms with Crippen molar-refractivity contribution in [2.75, 3.05) is 19.7 Å². The average Bonchev–Trinajstić information content (AvgIpc) is 2.78. The summed E-state index contributed by atoms with van der Waals surface area (Å²) in [6, 6.07) is 4.42. The number of hydrogen-bond acceptors (Lipinski definition) is 3. The first-order chi connectivity index (χ1) is 7.88. The van der Waals surface area contributed by atoms with Gasteiger partial charge in [-0.05, 0) is 50.4 Å². The van der Waals surface area contributed by atoms with E-state index in [0.717, 1.165) is 38.6 Å². The Labute approximate surface area is 102 Å². The molecule has 2 nitrogen and oxygen atoms in total. The summed E-state index contributed by atoms with van der Waals surface area (Å²) in [6.07, 6.45) is 3.67. The van der Waals surface area contributed by atoms with Crippen LogP contribution in [0.4, 0.5) is 0 Å². The van der Waals surface area contributed by atoms with Crippen LogP contribution in [-0.4, -0.2) is 19.7 Å². The molecule has 2 rings (SSSR count). The molecule has 0 aromatic carbocycles. The summed E-state index contributed by atoms with van der Waals surface area (Å²) >= 11 is 1.88. The summed E-state index contributed by atoms with van der Waals surface area (Å²) in [4.78, 5) is 2.83. The molecule has 1 N–H and O–H groups in total. The topological polar surface area (TPSA) is 21.3 Å². The number of hydrogen-bond donors (Lipinski definition) is 1. The standard InChI is InChI=1S/C13H21NOS/c1-2-12-3-4-13(16-12)10-15-9-11-5-7-14-8-6-11/h3-4,11,14H,2,5-10H2,1H3. The molecular weight excluding hydrogens is 218 g/mol. The predicted octanol–water partition coefficient (Wildman–Crippen LogP) is 2.83. The highest BCUT2D eigenvalue weighted by molar-refractivity contribution is 7.11. The van der Waals surface area contributed by atoms with E-state index in [1.807, 2.05) is 11.3 Å². The molecule has 1 fully saturated rings. The predicted molar refractivity (Wildman–Crippen MR) is 68.9 cm³/mol. The van der Waals surface area contributed by atoms with Crippen molar-refractivity contribution in [1.29, 1.82) is 0 Å². The molecule has 16 heavy (non-hydrogen) atoms. The summed E-state index contributed by atoms with van der Waals surface area (Å²) < 4.78 is 5.80. The molecule has 0 radical (unpaired) electrons. The van der Waals surface area contributed by atoms with Crippen molar-refractivity contribution in [3.63, 3.8) is 0 Å². The minimum atomic E-state index is 0.770. The Hall–Kier alpha value is -0.380. The highest BCUT2D eigenvalue weighted by Gasteiger charge is 2.12. The number of aryl methyl sites for hydroxylation is 1. The summed E-state index contributed by atoms with van der Waals surface area (Å²) in [7, 11) is 0. The smallest absolute Gasteiger partial charge is 0.0809 e. The third kappa shape index (κ3) is 3.58. The quantitative estimate of drug-likeness (QED) is 0.853. The van der Waals surface area contributed by atoms with Crippen LogP contribution < -0.4 is 5.32 Å². The van der Waals surface area contributed by atoms with Crippen LogP contribution in [0.5, 0.6) is 0 Å². The molecule has 1 saturated heterocycles. The van der Waals surface area contributed by atoms with E-state index in [0.29, 0.717) is 0 Å². The first kappa shape index (κ1) is 12.1. The molecule has 1 aliphatic rings. The van der Waals surface area contributed by atoms with Crippen LogP contribution in [0.3, 0.4) is 0 Å². The van der Waals surface area contributed by atoms with Gasteiger partial charge >= 0.3 is 0 Å². The van der Waals surface area contributed by atoms with Gasteiger partial charge in [-0.2, -0.15) is 0 Å². The minimum absolute atomic E-state index is 0.770. The second kappa shape index (κ2) is 6.38. The largest absolute Gasteiger partial charge is 0.376 e. The van der Waals surface area contributed by atoms with E-state index in [-0.39, 0.29) is 0 Å². The minimum Gasteiger partial charge on any atom is -0.376 e. The third-order valence-electron chi connectivity index (χ3n) is 3.12. The Bertz CT molecular complexity index is 305.